The predicted molar refractivity (Wildman–Crippen MR) is 86.8 cm³/mol. The maximum absolute atomic E-state index is 12.8. The van der Waals surface area contributed by atoms with Gasteiger partial charge in [-0.05, 0) is 36.2 Å². The standard InChI is InChI=1S/C18H17F2NO4/c1-18(16(23)24)6-7-21(10-18)15(22)13-8-11-4-2-3-5-12(11)9-14(13)25-17(19)20/h2-5,8-9,17H,6-7,10H2,1H3,(H,23,24). The highest BCUT2D eigenvalue weighted by atomic mass is 19.3. The Morgan fingerprint density at radius 2 is 1.88 bits per heavy atom. The van der Waals surface area contributed by atoms with Gasteiger partial charge in [0.1, 0.15) is 5.75 Å². The molecule has 1 aliphatic rings. The molecule has 0 saturated carbocycles. The number of carbonyl (C=O) groups excluding carboxylic acids is 1. The van der Waals surface area contributed by atoms with E-state index in [0.717, 1.165) is 0 Å². The molecule has 0 spiro atoms. The summed E-state index contributed by atoms with van der Waals surface area (Å²) < 4.78 is 30.0. The largest absolute Gasteiger partial charge is 0.481 e. The van der Waals surface area contributed by atoms with E-state index in [1.807, 2.05) is 0 Å². The van der Waals surface area contributed by atoms with Crippen molar-refractivity contribution < 1.29 is 28.2 Å². The van der Waals surface area contributed by atoms with Crippen molar-refractivity contribution in [3.05, 3.63) is 42.0 Å². The summed E-state index contributed by atoms with van der Waals surface area (Å²) in [6, 6.07) is 9.95. The summed E-state index contributed by atoms with van der Waals surface area (Å²) in [5, 5.41) is 10.7. The van der Waals surface area contributed by atoms with Crippen LogP contribution in [0.25, 0.3) is 10.8 Å². The highest BCUT2D eigenvalue weighted by Crippen LogP contribution is 2.34. The molecule has 0 radical (unpaired) electrons. The Morgan fingerprint density at radius 3 is 2.44 bits per heavy atom. The summed E-state index contributed by atoms with van der Waals surface area (Å²) in [5.74, 6) is -1.70. The van der Waals surface area contributed by atoms with Crippen LogP contribution in [0.1, 0.15) is 23.7 Å². The third kappa shape index (κ3) is 3.26. The lowest BCUT2D eigenvalue weighted by Gasteiger charge is -2.21. The van der Waals surface area contributed by atoms with E-state index in [2.05, 4.69) is 4.74 Å². The highest BCUT2D eigenvalue weighted by Gasteiger charge is 2.42. The maximum atomic E-state index is 12.8. The van der Waals surface area contributed by atoms with Crippen molar-refractivity contribution in [1.82, 2.24) is 4.90 Å². The number of aliphatic carboxylic acids is 1. The van der Waals surface area contributed by atoms with Crippen molar-refractivity contribution in [2.24, 2.45) is 5.41 Å². The number of fused-ring (bicyclic) bond motifs is 1. The van der Waals surface area contributed by atoms with Crippen LogP contribution in [0.3, 0.4) is 0 Å². The number of carboxylic acids is 1. The molecule has 0 bridgehead atoms. The Bertz CT molecular complexity index is 839. The van der Waals surface area contributed by atoms with Gasteiger partial charge in [-0.2, -0.15) is 8.78 Å². The molecule has 132 valence electrons. The summed E-state index contributed by atoms with van der Waals surface area (Å²) in [5.41, 5.74) is -1.02. The monoisotopic (exact) mass is 349 g/mol. The number of rotatable bonds is 4. The van der Waals surface area contributed by atoms with Crippen LogP contribution in [-0.4, -0.2) is 41.6 Å². The molecule has 1 N–H and O–H groups in total. The van der Waals surface area contributed by atoms with Gasteiger partial charge in [0.25, 0.3) is 5.91 Å². The number of amides is 1. The molecule has 2 aromatic carbocycles. The first kappa shape index (κ1) is 17.1. The number of carbonyl (C=O) groups is 2. The van der Waals surface area contributed by atoms with Crippen LogP contribution in [0.4, 0.5) is 8.78 Å². The summed E-state index contributed by atoms with van der Waals surface area (Å²) in [6.45, 7) is -1.21. The van der Waals surface area contributed by atoms with Crippen LogP contribution in [0.5, 0.6) is 5.75 Å². The van der Waals surface area contributed by atoms with Crippen molar-refractivity contribution in [2.45, 2.75) is 20.0 Å². The van der Waals surface area contributed by atoms with Crippen molar-refractivity contribution >= 4 is 22.6 Å². The Morgan fingerprint density at radius 1 is 1.24 bits per heavy atom. The quantitative estimate of drug-likeness (QED) is 0.919. The van der Waals surface area contributed by atoms with Crippen LogP contribution in [0.2, 0.25) is 0 Å². The molecule has 3 rings (SSSR count). The number of benzene rings is 2. The van der Waals surface area contributed by atoms with Gasteiger partial charge in [0.05, 0.1) is 11.0 Å². The second-order valence-corrected chi connectivity index (χ2v) is 6.42. The molecule has 1 unspecified atom stereocenters. The Hall–Kier alpha value is -2.70. The van der Waals surface area contributed by atoms with E-state index in [1.165, 1.54) is 17.0 Å². The van der Waals surface area contributed by atoms with Crippen molar-refractivity contribution in [1.29, 1.82) is 0 Å². The fourth-order valence-electron chi connectivity index (χ4n) is 3.06. The fraction of sp³-hybridized carbons (Fsp3) is 0.333. The van der Waals surface area contributed by atoms with Crippen molar-refractivity contribution in [3.63, 3.8) is 0 Å². The van der Waals surface area contributed by atoms with Gasteiger partial charge < -0.3 is 14.7 Å². The molecule has 1 saturated heterocycles. The number of ether oxygens (including phenoxy) is 1. The predicted octanol–water partition coefficient (Wildman–Crippen LogP) is 3.38. The van der Waals surface area contributed by atoms with Crippen LogP contribution in [0.15, 0.2) is 36.4 Å². The number of hydrogen-bond donors (Lipinski definition) is 1. The van der Waals surface area contributed by atoms with Gasteiger partial charge in [0.15, 0.2) is 0 Å². The molecule has 1 aliphatic heterocycles. The molecule has 1 heterocycles. The van der Waals surface area contributed by atoms with E-state index in [9.17, 15) is 23.5 Å². The summed E-state index contributed by atoms with van der Waals surface area (Å²) in [4.78, 5) is 25.5. The SMILES string of the molecule is CC1(C(=O)O)CCN(C(=O)c2cc3ccccc3cc2OC(F)F)C1. The molecule has 25 heavy (non-hydrogen) atoms. The molecule has 1 atom stereocenters. The van der Waals surface area contributed by atoms with E-state index in [0.29, 0.717) is 17.2 Å². The number of hydrogen-bond acceptors (Lipinski definition) is 3. The highest BCUT2D eigenvalue weighted by molar-refractivity contribution is 6.02. The van der Waals surface area contributed by atoms with E-state index in [1.54, 1.807) is 31.2 Å². The Kier molecular flexibility index (Phi) is 4.32. The third-order valence-corrected chi connectivity index (χ3v) is 4.57. The second kappa shape index (κ2) is 6.31. The molecule has 0 aliphatic carbocycles. The molecule has 1 fully saturated rings. The number of nitrogens with zero attached hydrogens (tertiary/aromatic N) is 1. The molecule has 0 aromatic heterocycles. The lowest BCUT2D eigenvalue weighted by Crippen LogP contribution is -2.35. The van der Waals surface area contributed by atoms with E-state index in [4.69, 9.17) is 0 Å². The van der Waals surface area contributed by atoms with Gasteiger partial charge in [-0.25, -0.2) is 0 Å². The van der Waals surface area contributed by atoms with Gasteiger partial charge in [0.2, 0.25) is 0 Å². The minimum absolute atomic E-state index is 0.00800. The Balaban J connectivity index is 1.98. The lowest BCUT2D eigenvalue weighted by molar-refractivity contribution is -0.147. The summed E-state index contributed by atoms with van der Waals surface area (Å²) in [7, 11) is 0. The minimum Gasteiger partial charge on any atom is -0.481 e. The molecule has 1 amide bonds. The zero-order valence-corrected chi connectivity index (χ0v) is 13.5. The van der Waals surface area contributed by atoms with Crippen molar-refractivity contribution in [2.75, 3.05) is 13.1 Å². The first-order chi connectivity index (χ1) is 11.8. The van der Waals surface area contributed by atoms with Crippen LogP contribution < -0.4 is 4.74 Å². The van der Waals surface area contributed by atoms with Crippen molar-refractivity contribution in [3.8, 4) is 5.75 Å². The third-order valence-electron chi connectivity index (χ3n) is 4.57. The number of halogens is 2. The first-order valence-electron chi connectivity index (χ1n) is 7.80. The average Bonchev–Trinajstić information content (AvgIpc) is 2.97. The molecule has 2 aromatic rings. The smallest absolute Gasteiger partial charge is 0.387 e. The molecule has 5 nitrogen and oxygen atoms in total. The topological polar surface area (TPSA) is 66.8 Å². The average molecular weight is 349 g/mol. The minimum atomic E-state index is -3.06. The normalized spacial score (nSPS) is 20.2. The maximum Gasteiger partial charge on any atom is 0.387 e. The first-order valence-corrected chi connectivity index (χ1v) is 7.80. The fourth-order valence-corrected chi connectivity index (χ4v) is 3.06. The number of carboxylic acid groups (broad SMARTS) is 1. The van der Waals surface area contributed by atoms with Gasteiger partial charge in [-0.15, -0.1) is 0 Å². The van der Waals surface area contributed by atoms with Crippen LogP contribution in [-0.2, 0) is 4.79 Å². The van der Waals surface area contributed by atoms with E-state index >= 15 is 0 Å². The zero-order chi connectivity index (χ0) is 18.2. The van der Waals surface area contributed by atoms with Crippen LogP contribution >= 0.6 is 0 Å². The lowest BCUT2D eigenvalue weighted by atomic mass is 9.90. The molecular formula is C18H17F2NO4. The van der Waals surface area contributed by atoms with Gasteiger partial charge in [-0.3, -0.25) is 9.59 Å². The summed E-state index contributed by atoms with van der Waals surface area (Å²) in [6.07, 6.45) is 0.312. The van der Waals surface area contributed by atoms with E-state index in [-0.39, 0.29) is 24.4 Å². The molecule has 7 heteroatoms. The second-order valence-electron chi connectivity index (χ2n) is 6.42. The summed E-state index contributed by atoms with van der Waals surface area (Å²) >= 11 is 0. The van der Waals surface area contributed by atoms with Crippen LogP contribution in [0, 0.1) is 5.41 Å². The van der Waals surface area contributed by atoms with Gasteiger partial charge in [-0.1, -0.05) is 24.3 Å². The van der Waals surface area contributed by atoms with E-state index < -0.39 is 23.9 Å². The van der Waals surface area contributed by atoms with Gasteiger partial charge >= 0.3 is 12.6 Å². The Labute approximate surface area is 142 Å². The van der Waals surface area contributed by atoms with Gasteiger partial charge in [0, 0.05) is 13.1 Å². The zero-order valence-electron chi connectivity index (χ0n) is 13.5. The number of likely N-dealkylation sites (tertiary alicyclic amines) is 1. The molecular weight excluding hydrogens is 332 g/mol. The number of alkyl halides is 2.